The minimum atomic E-state index is -0.650. The highest BCUT2D eigenvalue weighted by Crippen LogP contribution is 2.22. The highest BCUT2D eigenvalue weighted by atomic mass is 16.6. The number of benzene rings is 2. The van der Waals surface area contributed by atoms with E-state index in [0.717, 1.165) is 10.5 Å². The maximum absolute atomic E-state index is 12.5. The van der Waals surface area contributed by atoms with Crippen LogP contribution >= 0.6 is 0 Å². The Morgan fingerprint density at radius 1 is 1.04 bits per heavy atom. The lowest BCUT2D eigenvalue weighted by Gasteiger charge is -2.13. The van der Waals surface area contributed by atoms with Gasteiger partial charge in [0.15, 0.2) is 0 Å². The first-order chi connectivity index (χ1) is 11.6. The van der Waals surface area contributed by atoms with Crippen molar-refractivity contribution in [2.45, 2.75) is 19.0 Å². The topological polar surface area (TPSA) is 92.6 Å². The highest BCUT2D eigenvalue weighted by Gasteiger charge is 2.38. The number of hydrogen-bond donors (Lipinski definition) is 1. The third-order valence-electron chi connectivity index (χ3n) is 3.91. The van der Waals surface area contributed by atoms with Gasteiger partial charge in [-0.25, -0.2) is 4.79 Å². The summed E-state index contributed by atoms with van der Waals surface area (Å²) in [5.74, 6) is -0.373. The Kier molecular flexibility index (Phi) is 4.24. The number of rotatable bonds is 5. The molecule has 0 aliphatic carbocycles. The molecule has 1 fully saturated rings. The Bertz CT molecular complexity index is 791. The van der Waals surface area contributed by atoms with E-state index in [1.807, 2.05) is 30.3 Å². The van der Waals surface area contributed by atoms with Crippen LogP contribution in [0.1, 0.15) is 11.1 Å². The molecule has 1 unspecified atom stereocenters. The molecule has 0 aromatic heterocycles. The van der Waals surface area contributed by atoms with Crippen LogP contribution in [0, 0.1) is 10.1 Å². The number of nitrogens with zero attached hydrogens (tertiary/aromatic N) is 2. The molecule has 3 amide bonds. The number of nitrogens with one attached hydrogen (secondary N) is 1. The Morgan fingerprint density at radius 2 is 1.71 bits per heavy atom. The molecule has 122 valence electrons. The van der Waals surface area contributed by atoms with Crippen molar-refractivity contribution in [3.05, 3.63) is 75.8 Å². The van der Waals surface area contributed by atoms with Gasteiger partial charge in [0.25, 0.3) is 11.6 Å². The Hall–Kier alpha value is -3.22. The van der Waals surface area contributed by atoms with E-state index in [-0.39, 0.29) is 18.1 Å². The number of para-hydroxylation sites is 1. The number of amides is 3. The Morgan fingerprint density at radius 3 is 2.42 bits per heavy atom. The van der Waals surface area contributed by atoms with E-state index in [9.17, 15) is 19.7 Å². The van der Waals surface area contributed by atoms with Crippen molar-refractivity contribution in [2.75, 3.05) is 0 Å². The fraction of sp³-hybridized carbons (Fsp3) is 0.176. The van der Waals surface area contributed by atoms with Gasteiger partial charge < -0.3 is 5.32 Å². The molecule has 1 N–H and O–H groups in total. The Labute approximate surface area is 138 Å². The van der Waals surface area contributed by atoms with E-state index >= 15 is 0 Å². The van der Waals surface area contributed by atoms with Crippen molar-refractivity contribution >= 4 is 17.6 Å². The van der Waals surface area contributed by atoms with Gasteiger partial charge in [0.05, 0.1) is 11.5 Å². The van der Waals surface area contributed by atoms with Crippen LogP contribution in [0.4, 0.5) is 10.5 Å². The summed E-state index contributed by atoms with van der Waals surface area (Å²) in [6, 6.07) is 14.3. The van der Waals surface area contributed by atoms with E-state index in [4.69, 9.17) is 0 Å². The van der Waals surface area contributed by atoms with Crippen LogP contribution in [-0.2, 0) is 17.8 Å². The van der Waals surface area contributed by atoms with Crippen LogP contribution in [0.2, 0.25) is 0 Å². The molecule has 0 spiro atoms. The first-order valence-corrected chi connectivity index (χ1v) is 7.44. The third-order valence-corrected chi connectivity index (χ3v) is 3.91. The van der Waals surface area contributed by atoms with Crippen LogP contribution in [0.5, 0.6) is 0 Å². The van der Waals surface area contributed by atoms with Gasteiger partial charge in [-0.1, -0.05) is 48.5 Å². The van der Waals surface area contributed by atoms with Crippen molar-refractivity contribution in [1.29, 1.82) is 0 Å². The molecule has 0 radical (unpaired) electrons. The molecule has 2 aromatic carbocycles. The summed E-state index contributed by atoms with van der Waals surface area (Å²) >= 11 is 0. The smallest absolute Gasteiger partial charge is 0.325 e. The number of hydrogen-bond acceptors (Lipinski definition) is 4. The summed E-state index contributed by atoms with van der Waals surface area (Å²) < 4.78 is 0. The van der Waals surface area contributed by atoms with Crippen molar-refractivity contribution in [2.24, 2.45) is 0 Å². The van der Waals surface area contributed by atoms with E-state index in [1.165, 1.54) is 6.07 Å². The van der Waals surface area contributed by atoms with Crippen LogP contribution in [0.3, 0.4) is 0 Å². The zero-order valence-electron chi connectivity index (χ0n) is 12.7. The molecular formula is C17H15N3O4. The average molecular weight is 325 g/mol. The molecule has 7 heteroatoms. The van der Waals surface area contributed by atoms with Gasteiger partial charge in [-0.3, -0.25) is 19.8 Å². The lowest BCUT2D eigenvalue weighted by molar-refractivity contribution is -0.385. The Balaban J connectivity index is 1.77. The molecule has 24 heavy (non-hydrogen) atoms. The van der Waals surface area contributed by atoms with Gasteiger partial charge in [-0.2, -0.15) is 0 Å². The summed E-state index contributed by atoms with van der Waals surface area (Å²) in [6.45, 7) is -0.118. The number of nitro groups is 1. The quantitative estimate of drug-likeness (QED) is 0.518. The maximum Gasteiger partial charge on any atom is 0.325 e. The van der Waals surface area contributed by atoms with Crippen molar-refractivity contribution in [1.82, 2.24) is 10.2 Å². The molecule has 1 atom stereocenters. The van der Waals surface area contributed by atoms with Crippen LogP contribution < -0.4 is 5.32 Å². The first-order valence-electron chi connectivity index (χ1n) is 7.44. The van der Waals surface area contributed by atoms with Gasteiger partial charge in [-0.15, -0.1) is 0 Å². The van der Waals surface area contributed by atoms with Crippen LogP contribution in [0.15, 0.2) is 54.6 Å². The second-order valence-corrected chi connectivity index (χ2v) is 5.50. The SMILES string of the molecule is O=C1NC(Cc2ccccc2)C(=O)N1Cc1ccccc1[N+](=O)[O-]. The molecule has 1 aliphatic rings. The highest BCUT2D eigenvalue weighted by molar-refractivity contribution is 6.04. The van der Waals surface area contributed by atoms with E-state index in [0.29, 0.717) is 12.0 Å². The lowest BCUT2D eigenvalue weighted by Crippen LogP contribution is -2.32. The monoisotopic (exact) mass is 325 g/mol. The summed E-state index contributed by atoms with van der Waals surface area (Å²) in [5.41, 5.74) is 1.15. The summed E-state index contributed by atoms with van der Waals surface area (Å²) in [6.07, 6.45) is 0.388. The fourth-order valence-electron chi connectivity index (χ4n) is 2.71. The number of carbonyl (C=O) groups excluding carboxylic acids is 2. The average Bonchev–Trinajstić information content (AvgIpc) is 2.84. The zero-order chi connectivity index (χ0) is 17.1. The predicted octanol–water partition coefficient (Wildman–Crippen LogP) is 2.26. The summed E-state index contributed by atoms with van der Waals surface area (Å²) in [4.78, 5) is 36.1. The lowest BCUT2D eigenvalue weighted by atomic mass is 10.1. The molecule has 2 aromatic rings. The van der Waals surface area contributed by atoms with E-state index < -0.39 is 17.0 Å². The third kappa shape index (κ3) is 3.10. The molecular weight excluding hydrogens is 310 g/mol. The van der Waals surface area contributed by atoms with Crippen molar-refractivity contribution < 1.29 is 14.5 Å². The zero-order valence-corrected chi connectivity index (χ0v) is 12.7. The van der Waals surface area contributed by atoms with Crippen LogP contribution in [-0.4, -0.2) is 27.8 Å². The number of nitro benzene ring substituents is 1. The van der Waals surface area contributed by atoms with Gasteiger partial charge in [0.2, 0.25) is 0 Å². The van der Waals surface area contributed by atoms with Gasteiger partial charge in [0.1, 0.15) is 6.04 Å². The second kappa shape index (κ2) is 6.49. The summed E-state index contributed by atoms with van der Waals surface area (Å²) in [5, 5.41) is 13.7. The number of urea groups is 1. The van der Waals surface area contributed by atoms with Crippen molar-refractivity contribution in [3.8, 4) is 0 Å². The number of imide groups is 1. The minimum Gasteiger partial charge on any atom is -0.325 e. The second-order valence-electron chi connectivity index (χ2n) is 5.50. The van der Waals surface area contributed by atoms with Gasteiger partial charge in [-0.05, 0) is 5.56 Å². The standard InChI is InChI=1S/C17H15N3O4/c21-16-14(10-12-6-2-1-3-7-12)18-17(22)19(16)11-13-8-4-5-9-15(13)20(23)24/h1-9,14H,10-11H2,(H,18,22). The predicted molar refractivity (Wildman–Crippen MR) is 86.1 cm³/mol. The van der Waals surface area contributed by atoms with E-state index in [1.54, 1.807) is 18.2 Å². The largest absolute Gasteiger partial charge is 0.325 e. The minimum absolute atomic E-state index is 0.107. The fourth-order valence-corrected chi connectivity index (χ4v) is 2.71. The molecule has 1 heterocycles. The molecule has 0 bridgehead atoms. The molecule has 0 saturated carbocycles. The van der Waals surface area contributed by atoms with Gasteiger partial charge >= 0.3 is 6.03 Å². The first kappa shape index (κ1) is 15.7. The van der Waals surface area contributed by atoms with E-state index in [2.05, 4.69) is 5.32 Å². The number of carbonyl (C=O) groups is 2. The normalized spacial score (nSPS) is 17.0. The molecule has 1 aliphatic heterocycles. The van der Waals surface area contributed by atoms with Crippen LogP contribution in [0.25, 0.3) is 0 Å². The van der Waals surface area contributed by atoms with Gasteiger partial charge in [0, 0.05) is 18.1 Å². The van der Waals surface area contributed by atoms with Crippen molar-refractivity contribution in [3.63, 3.8) is 0 Å². The molecule has 7 nitrogen and oxygen atoms in total. The molecule has 3 rings (SSSR count). The maximum atomic E-state index is 12.5. The summed E-state index contributed by atoms with van der Waals surface area (Å²) in [7, 11) is 0. The molecule has 1 saturated heterocycles.